The molecule has 0 aliphatic carbocycles. The van der Waals surface area contributed by atoms with E-state index >= 15 is 0 Å². The summed E-state index contributed by atoms with van der Waals surface area (Å²) in [7, 11) is 0. The van der Waals surface area contributed by atoms with Crippen LogP contribution in [0.5, 0.6) is 0 Å². The van der Waals surface area contributed by atoms with E-state index in [2.05, 4.69) is 0 Å². The Morgan fingerprint density at radius 1 is 1.21 bits per heavy atom. The lowest BCUT2D eigenvalue weighted by Crippen LogP contribution is -2.33. The number of anilines is 1. The van der Waals surface area contributed by atoms with Crippen LogP contribution in [0.3, 0.4) is 0 Å². The lowest BCUT2D eigenvalue weighted by Gasteiger charge is -2.24. The summed E-state index contributed by atoms with van der Waals surface area (Å²) < 4.78 is 13.5. The molecule has 2 aliphatic heterocycles. The van der Waals surface area contributed by atoms with Crippen LogP contribution in [0, 0.1) is 11.2 Å². The van der Waals surface area contributed by atoms with Gasteiger partial charge in [0.1, 0.15) is 5.82 Å². The lowest BCUT2D eigenvalue weighted by atomic mass is 9.86. The summed E-state index contributed by atoms with van der Waals surface area (Å²) in [5.41, 5.74) is 0.385. The van der Waals surface area contributed by atoms with Crippen molar-refractivity contribution in [3.8, 4) is 0 Å². The molecule has 1 unspecified atom stereocenters. The molecule has 24 heavy (non-hydrogen) atoms. The predicted octanol–water partition coefficient (Wildman–Crippen LogP) is 3.16. The van der Waals surface area contributed by atoms with E-state index in [0.717, 1.165) is 11.3 Å². The molecule has 1 spiro atoms. The minimum atomic E-state index is -0.345. The molecule has 0 radical (unpaired) electrons. The molecular formula is C18H17FN2O2S. The van der Waals surface area contributed by atoms with Crippen molar-refractivity contribution < 1.29 is 14.0 Å². The number of carbonyl (C=O) groups is 2. The third kappa shape index (κ3) is 2.60. The molecule has 0 saturated carbocycles. The van der Waals surface area contributed by atoms with Gasteiger partial charge in [-0.25, -0.2) is 4.39 Å². The molecule has 2 fully saturated rings. The van der Waals surface area contributed by atoms with Gasteiger partial charge in [-0.15, -0.1) is 11.3 Å². The van der Waals surface area contributed by atoms with Gasteiger partial charge in [-0.3, -0.25) is 9.59 Å². The van der Waals surface area contributed by atoms with E-state index in [9.17, 15) is 14.0 Å². The van der Waals surface area contributed by atoms with Crippen LogP contribution in [0.2, 0.25) is 0 Å². The molecule has 4 rings (SSSR count). The van der Waals surface area contributed by atoms with Gasteiger partial charge in [-0.1, -0.05) is 12.1 Å². The van der Waals surface area contributed by atoms with Crippen molar-refractivity contribution in [2.24, 2.45) is 5.41 Å². The van der Waals surface area contributed by atoms with E-state index in [0.29, 0.717) is 31.7 Å². The highest BCUT2D eigenvalue weighted by atomic mass is 32.1. The van der Waals surface area contributed by atoms with E-state index in [4.69, 9.17) is 0 Å². The number of rotatable bonds is 2. The molecule has 1 atom stereocenters. The van der Waals surface area contributed by atoms with Crippen LogP contribution in [0.25, 0.3) is 0 Å². The Morgan fingerprint density at radius 2 is 2.08 bits per heavy atom. The van der Waals surface area contributed by atoms with Crippen LogP contribution in [0.1, 0.15) is 22.5 Å². The molecule has 0 bridgehead atoms. The van der Waals surface area contributed by atoms with Crippen LogP contribution in [-0.4, -0.2) is 36.3 Å². The minimum absolute atomic E-state index is 0.00558. The number of thiophene rings is 1. The second-order valence-electron chi connectivity index (χ2n) is 6.59. The zero-order chi connectivity index (χ0) is 16.7. The first kappa shape index (κ1) is 15.3. The van der Waals surface area contributed by atoms with Crippen molar-refractivity contribution in [1.29, 1.82) is 0 Å². The van der Waals surface area contributed by atoms with E-state index in [1.165, 1.54) is 23.5 Å². The second-order valence-corrected chi connectivity index (χ2v) is 7.54. The van der Waals surface area contributed by atoms with Gasteiger partial charge in [0.2, 0.25) is 5.91 Å². The third-order valence-electron chi connectivity index (χ3n) is 4.90. The van der Waals surface area contributed by atoms with Crippen LogP contribution in [0.15, 0.2) is 41.8 Å². The summed E-state index contributed by atoms with van der Waals surface area (Å²) in [4.78, 5) is 29.2. The number of likely N-dealkylation sites (tertiary alicyclic amines) is 1. The Kier molecular flexibility index (Phi) is 3.64. The first-order valence-electron chi connectivity index (χ1n) is 7.95. The Labute approximate surface area is 143 Å². The van der Waals surface area contributed by atoms with Gasteiger partial charge in [0, 0.05) is 37.2 Å². The Morgan fingerprint density at radius 3 is 2.83 bits per heavy atom. The summed E-state index contributed by atoms with van der Waals surface area (Å²) in [5.74, 6) is -0.299. The number of amides is 2. The van der Waals surface area contributed by atoms with Gasteiger partial charge in [-0.2, -0.15) is 0 Å². The zero-order valence-corrected chi connectivity index (χ0v) is 13.9. The molecule has 1 aromatic heterocycles. The molecule has 2 saturated heterocycles. The van der Waals surface area contributed by atoms with Crippen LogP contribution >= 0.6 is 11.3 Å². The average Bonchev–Trinajstić information content (AvgIpc) is 3.28. The second kappa shape index (κ2) is 5.70. The van der Waals surface area contributed by atoms with Gasteiger partial charge in [0.25, 0.3) is 5.91 Å². The summed E-state index contributed by atoms with van der Waals surface area (Å²) in [6.45, 7) is 1.80. The van der Waals surface area contributed by atoms with Crippen molar-refractivity contribution in [2.45, 2.75) is 12.8 Å². The average molecular weight is 344 g/mol. The molecule has 6 heteroatoms. The van der Waals surface area contributed by atoms with Gasteiger partial charge in [0.15, 0.2) is 0 Å². The maximum atomic E-state index is 13.5. The third-order valence-corrected chi connectivity index (χ3v) is 5.76. The van der Waals surface area contributed by atoms with Gasteiger partial charge < -0.3 is 9.80 Å². The molecule has 124 valence electrons. The van der Waals surface area contributed by atoms with Gasteiger partial charge in [-0.05, 0) is 36.1 Å². The van der Waals surface area contributed by atoms with Crippen molar-refractivity contribution in [3.63, 3.8) is 0 Å². The number of hydrogen-bond donors (Lipinski definition) is 0. The maximum absolute atomic E-state index is 13.5. The number of hydrogen-bond acceptors (Lipinski definition) is 3. The normalized spacial score (nSPS) is 23.5. The highest BCUT2D eigenvalue weighted by Crippen LogP contribution is 2.42. The predicted molar refractivity (Wildman–Crippen MR) is 90.6 cm³/mol. The quantitative estimate of drug-likeness (QED) is 0.840. The fourth-order valence-corrected chi connectivity index (χ4v) is 4.40. The smallest absolute Gasteiger partial charge is 0.263 e. The highest BCUT2D eigenvalue weighted by molar-refractivity contribution is 7.12. The monoisotopic (exact) mass is 344 g/mol. The summed E-state index contributed by atoms with van der Waals surface area (Å²) in [6, 6.07) is 9.83. The van der Waals surface area contributed by atoms with E-state index in [1.807, 2.05) is 22.4 Å². The lowest BCUT2D eigenvalue weighted by molar-refractivity contribution is -0.117. The molecule has 0 N–H and O–H groups in total. The molecule has 3 heterocycles. The Hall–Kier alpha value is -2.21. The summed E-state index contributed by atoms with van der Waals surface area (Å²) in [5, 5.41) is 1.89. The number of nitrogens with zero attached hydrogens (tertiary/aromatic N) is 2. The number of carbonyl (C=O) groups excluding carboxylic acids is 2. The molecule has 2 aromatic rings. The number of benzene rings is 1. The molecule has 2 amide bonds. The highest BCUT2D eigenvalue weighted by Gasteiger charge is 2.48. The van der Waals surface area contributed by atoms with Crippen molar-refractivity contribution in [3.05, 3.63) is 52.5 Å². The van der Waals surface area contributed by atoms with E-state index < -0.39 is 0 Å². The van der Waals surface area contributed by atoms with Crippen molar-refractivity contribution in [2.75, 3.05) is 24.5 Å². The summed E-state index contributed by atoms with van der Waals surface area (Å²) >= 11 is 1.44. The maximum Gasteiger partial charge on any atom is 0.263 e. The molecule has 1 aromatic carbocycles. The van der Waals surface area contributed by atoms with Crippen LogP contribution in [-0.2, 0) is 4.79 Å². The SMILES string of the molecule is O=C(c1cccs1)N1CCC2(CC(=O)N(c3cccc(F)c3)C2)C1. The van der Waals surface area contributed by atoms with Crippen LogP contribution < -0.4 is 4.90 Å². The zero-order valence-electron chi connectivity index (χ0n) is 13.1. The topological polar surface area (TPSA) is 40.6 Å². The fraction of sp³-hybridized carbons (Fsp3) is 0.333. The van der Waals surface area contributed by atoms with Crippen molar-refractivity contribution >= 4 is 28.8 Å². The van der Waals surface area contributed by atoms with Crippen molar-refractivity contribution in [1.82, 2.24) is 4.90 Å². The summed E-state index contributed by atoms with van der Waals surface area (Å²) in [6.07, 6.45) is 1.22. The van der Waals surface area contributed by atoms with Gasteiger partial charge in [0.05, 0.1) is 4.88 Å². The number of halogens is 1. The van der Waals surface area contributed by atoms with E-state index in [1.54, 1.807) is 17.0 Å². The minimum Gasteiger partial charge on any atom is -0.337 e. The standard InChI is InChI=1S/C18H17FN2O2S/c19-13-3-1-4-14(9-13)21-12-18(10-16(21)22)6-7-20(11-18)17(23)15-5-2-8-24-15/h1-5,8-9H,6-7,10-12H2. The first-order chi connectivity index (χ1) is 11.6. The fourth-order valence-electron chi connectivity index (χ4n) is 3.71. The van der Waals surface area contributed by atoms with Crippen LogP contribution in [0.4, 0.5) is 10.1 Å². The molecular weight excluding hydrogens is 327 g/mol. The molecule has 4 nitrogen and oxygen atoms in total. The first-order valence-corrected chi connectivity index (χ1v) is 8.83. The largest absolute Gasteiger partial charge is 0.337 e. The van der Waals surface area contributed by atoms with Gasteiger partial charge >= 0.3 is 0 Å². The Bertz CT molecular complexity index is 792. The Balaban J connectivity index is 1.51. The molecule has 2 aliphatic rings. The van der Waals surface area contributed by atoms with E-state index in [-0.39, 0.29) is 23.0 Å².